The maximum absolute atomic E-state index is 13.5. The Morgan fingerprint density at radius 1 is 0.475 bits per heavy atom. The van der Waals surface area contributed by atoms with Gasteiger partial charge >= 0.3 is 11.9 Å². The number of carbonyl (C=O) groups is 2. The summed E-state index contributed by atoms with van der Waals surface area (Å²) in [6.07, 6.45) is 43.2. The quantitative estimate of drug-likeness (QED) is 0.0482. The molecule has 7 nitrogen and oxygen atoms in total. The Kier molecular flexibility index (Phi) is 40.5. The Balaban J connectivity index is 2.81. The molecule has 0 aliphatic heterocycles. The first-order valence-corrected chi connectivity index (χ1v) is 27.2. The first-order valence-electron chi connectivity index (χ1n) is 27.2. The molecule has 0 bridgehead atoms. The van der Waals surface area contributed by atoms with E-state index in [1.54, 1.807) is 0 Å². The number of aliphatic hydroxyl groups is 1. The number of likely N-dealkylation sites (N-methyl/N-ethyl adjacent to an activating group) is 1. The van der Waals surface area contributed by atoms with E-state index in [-0.39, 0.29) is 24.5 Å². The molecule has 0 aromatic carbocycles. The van der Waals surface area contributed by atoms with Crippen molar-refractivity contribution < 1.29 is 24.2 Å². The van der Waals surface area contributed by atoms with Crippen molar-refractivity contribution in [2.45, 2.75) is 265 Å². The van der Waals surface area contributed by atoms with Gasteiger partial charge in [-0.05, 0) is 76.8 Å². The minimum absolute atomic E-state index is 0.0306. The maximum atomic E-state index is 13.5. The van der Waals surface area contributed by atoms with Crippen LogP contribution in [0.15, 0.2) is 0 Å². The molecule has 0 unspecified atom stereocenters. The summed E-state index contributed by atoms with van der Waals surface area (Å²) in [5.74, 6) is 0.724. The van der Waals surface area contributed by atoms with Crippen LogP contribution in [0.4, 0.5) is 0 Å². The molecule has 362 valence electrons. The average Bonchev–Trinajstić information content (AvgIpc) is 3.23. The number of hydrogen-bond acceptors (Lipinski definition) is 7. The maximum Gasteiger partial charge on any atom is 0.306 e. The van der Waals surface area contributed by atoms with E-state index in [1.807, 2.05) is 0 Å². The van der Waals surface area contributed by atoms with E-state index in [0.717, 1.165) is 71.1 Å². The van der Waals surface area contributed by atoms with Crippen LogP contribution >= 0.6 is 0 Å². The summed E-state index contributed by atoms with van der Waals surface area (Å²) in [4.78, 5) is 31.8. The third kappa shape index (κ3) is 34.8. The second kappa shape index (κ2) is 42.8. The van der Waals surface area contributed by atoms with Crippen LogP contribution in [0.5, 0.6) is 0 Å². The first-order chi connectivity index (χ1) is 29.9. The fourth-order valence-corrected chi connectivity index (χ4v) is 9.36. The number of ether oxygens (including phenoxy) is 2. The fraction of sp³-hybridized carbons (Fsp3) is 0.963. The van der Waals surface area contributed by atoms with Gasteiger partial charge in [-0.25, -0.2) is 0 Å². The number of aliphatic hydroxyl groups excluding tert-OH is 1. The normalized spacial score (nSPS) is 13.4. The highest BCUT2D eigenvalue weighted by atomic mass is 16.5. The highest BCUT2D eigenvalue weighted by Gasteiger charge is 2.25. The lowest BCUT2D eigenvalue weighted by atomic mass is 9.91. The molecule has 1 aliphatic carbocycles. The number of carbonyl (C=O) groups excluding carboxylic acids is 2. The lowest BCUT2D eigenvalue weighted by molar-refractivity contribution is -0.150. The van der Waals surface area contributed by atoms with E-state index in [4.69, 9.17) is 9.47 Å². The van der Waals surface area contributed by atoms with E-state index < -0.39 is 0 Å². The second-order valence-corrected chi connectivity index (χ2v) is 19.7. The topological polar surface area (TPSA) is 79.3 Å². The summed E-state index contributed by atoms with van der Waals surface area (Å²) in [7, 11) is 2.21. The zero-order valence-corrected chi connectivity index (χ0v) is 41.7. The lowest BCUT2D eigenvalue weighted by Crippen LogP contribution is -2.45. The van der Waals surface area contributed by atoms with Crippen LogP contribution in [-0.4, -0.2) is 85.9 Å². The van der Waals surface area contributed by atoms with Gasteiger partial charge < -0.3 is 19.5 Å². The number of nitrogens with zero attached hydrogens (tertiary/aromatic N) is 2. The average molecular weight is 863 g/mol. The SMILES string of the molecule is CCCCCCCCC(CCCCCCCC)CC(=O)OCC(CCCCN(C)CCN(CCO)C1CCC1)COC(=O)CC(CCCCCCCC)CCCCCCCC. The van der Waals surface area contributed by atoms with Crippen LogP contribution in [0.3, 0.4) is 0 Å². The minimum atomic E-state index is -0.0603. The number of esters is 2. The predicted molar refractivity (Wildman–Crippen MR) is 261 cm³/mol. The molecule has 1 aliphatic rings. The molecule has 7 heteroatoms. The van der Waals surface area contributed by atoms with E-state index in [0.29, 0.717) is 43.9 Å². The molecule has 0 aromatic rings. The van der Waals surface area contributed by atoms with Crippen molar-refractivity contribution in [2.75, 3.05) is 53.0 Å². The summed E-state index contributed by atoms with van der Waals surface area (Å²) in [6.45, 7) is 13.8. The van der Waals surface area contributed by atoms with E-state index in [9.17, 15) is 14.7 Å². The zero-order chi connectivity index (χ0) is 44.4. The van der Waals surface area contributed by atoms with E-state index >= 15 is 0 Å². The van der Waals surface area contributed by atoms with Crippen molar-refractivity contribution in [2.24, 2.45) is 17.8 Å². The second-order valence-electron chi connectivity index (χ2n) is 19.7. The van der Waals surface area contributed by atoms with E-state index in [2.05, 4.69) is 44.5 Å². The molecule has 1 saturated carbocycles. The number of rotatable bonds is 47. The Morgan fingerprint density at radius 2 is 0.836 bits per heavy atom. The highest BCUT2D eigenvalue weighted by Crippen LogP contribution is 2.26. The fourth-order valence-electron chi connectivity index (χ4n) is 9.36. The van der Waals surface area contributed by atoms with Crippen molar-refractivity contribution >= 4 is 11.9 Å². The van der Waals surface area contributed by atoms with Crippen molar-refractivity contribution in [1.82, 2.24) is 9.80 Å². The van der Waals surface area contributed by atoms with Gasteiger partial charge in [-0.2, -0.15) is 0 Å². The molecular weight excluding hydrogens is 757 g/mol. The Bertz CT molecular complexity index is 874. The summed E-state index contributed by atoms with van der Waals surface area (Å²) in [5, 5.41) is 9.59. The standard InChI is InChI=1S/C54H106N2O5/c1-6-10-14-18-22-26-33-49(34-27-23-19-15-11-7-2)45-53(58)60-47-51(37-30-31-40-55(5)41-42-56(43-44-57)52-38-32-39-52)48-61-54(59)46-50(35-28-24-20-16-12-8-3)36-29-25-21-17-13-9-4/h49-52,57H,6-48H2,1-5H3. The highest BCUT2D eigenvalue weighted by molar-refractivity contribution is 5.70. The van der Waals surface area contributed by atoms with Gasteiger partial charge in [0.15, 0.2) is 0 Å². The molecule has 1 fully saturated rings. The van der Waals surface area contributed by atoms with Crippen LogP contribution in [0, 0.1) is 17.8 Å². The molecule has 0 heterocycles. The van der Waals surface area contributed by atoms with Gasteiger partial charge in [-0.15, -0.1) is 0 Å². The molecule has 1 N–H and O–H groups in total. The molecule has 0 spiro atoms. The van der Waals surface area contributed by atoms with Gasteiger partial charge in [-0.3, -0.25) is 14.5 Å². The van der Waals surface area contributed by atoms with Crippen LogP contribution in [0.1, 0.15) is 259 Å². The number of hydrogen-bond donors (Lipinski definition) is 1. The zero-order valence-electron chi connectivity index (χ0n) is 41.7. The summed E-state index contributed by atoms with van der Waals surface area (Å²) in [6, 6.07) is 0.648. The third-order valence-electron chi connectivity index (χ3n) is 13.9. The summed E-state index contributed by atoms with van der Waals surface area (Å²) in [5.41, 5.74) is 0. The number of unbranched alkanes of at least 4 members (excludes halogenated alkanes) is 21. The van der Waals surface area contributed by atoms with Gasteiger partial charge in [0.05, 0.1) is 19.8 Å². The van der Waals surface area contributed by atoms with Crippen molar-refractivity contribution in [3.8, 4) is 0 Å². The first kappa shape index (κ1) is 57.8. The largest absolute Gasteiger partial charge is 0.465 e. The van der Waals surface area contributed by atoms with Crippen molar-refractivity contribution in [1.29, 1.82) is 0 Å². The lowest BCUT2D eigenvalue weighted by Gasteiger charge is -2.38. The molecule has 0 aromatic heterocycles. The van der Waals surface area contributed by atoms with Gasteiger partial charge in [-0.1, -0.05) is 195 Å². The van der Waals surface area contributed by atoms with Gasteiger partial charge in [0.25, 0.3) is 0 Å². The molecule has 0 saturated heterocycles. The summed E-state index contributed by atoms with van der Waals surface area (Å²) < 4.78 is 12.2. The Morgan fingerprint density at radius 3 is 1.20 bits per heavy atom. The smallest absolute Gasteiger partial charge is 0.306 e. The Labute approximate surface area is 380 Å². The minimum Gasteiger partial charge on any atom is -0.465 e. The van der Waals surface area contributed by atoms with Crippen LogP contribution < -0.4 is 0 Å². The molecule has 61 heavy (non-hydrogen) atoms. The van der Waals surface area contributed by atoms with Crippen molar-refractivity contribution in [3.05, 3.63) is 0 Å². The van der Waals surface area contributed by atoms with Gasteiger partial charge in [0.2, 0.25) is 0 Å². The van der Waals surface area contributed by atoms with Crippen LogP contribution in [0.2, 0.25) is 0 Å². The van der Waals surface area contributed by atoms with E-state index in [1.165, 1.54) is 173 Å². The molecule has 0 amide bonds. The summed E-state index contributed by atoms with van der Waals surface area (Å²) >= 11 is 0. The molecule has 0 radical (unpaired) electrons. The molecular formula is C54H106N2O5. The van der Waals surface area contributed by atoms with Gasteiger partial charge in [0, 0.05) is 44.4 Å². The van der Waals surface area contributed by atoms with Gasteiger partial charge in [0.1, 0.15) is 0 Å². The molecule has 1 rings (SSSR count). The van der Waals surface area contributed by atoms with Crippen LogP contribution in [0.25, 0.3) is 0 Å². The monoisotopic (exact) mass is 863 g/mol. The Hall–Kier alpha value is -1.18. The molecule has 0 atom stereocenters. The predicted octanol–water partition coefficient (Wildman–Crippen LogP) is 14.7. The third-order valence-corrected chi connectivity index (χ3v) is 13.9. The van der Waals surface area contributed by atoms with Crippen LogP contribution in [-0.2, 0) is 19.1 Å². The van der Waals surface area contributed by atoms with Crippen molar-refractivity contribution in [3.63, 3.8) is 0 Å².